The molecule has 0 unspecified atom stereocenters. The third-order valence-corrected chi connectivity index (χ3v) is 5.61. The SMILES string of the molecule is CC1CCN(c2ccc(C(=O)NCC(=O)NC3CCN(C)CC3)cn2)CC1. The van der Waals surface area contributed by atoms with E-state index in [0.29, 0.717) is 5.56 Å². The van der Waals surface area contributed by atoms with Crippen molar-refractivity contribution in [2.45, 2.75) is 38.6 Å². The second-order valence-electron chi connectivity index (χ2n) is 7.90. The molecule has 7 nitrogen and oxygen atoms in total. The van der Waals surface area contributed by atoms with Gasteiger partial charge >= 0.3 is 0 Å². The molecule has 2 N–H and O–H groups in total. The van der Waals surface area contributed by atoms with Crippen molar-refractivity contribution in [3.05, 3.63) is 23.9 Å². The Morgan fingerprint density at radius 2 is 1.81 bits per heavy atom. The zero-order valence-electron chi connectivity index (χ0n) is 16.4. The number of rotatable bonds is 5. The molecule has 0 saturated carbocycles. The van der Waals surface area contributed by atoms with Gasteiger partial charge in [-0.1, -0.05) is 6.92 Å². The molecule has 2 fully saturated rings. The Kier molecular flexibility index (Phi) is 6.66. The first-order valence-corrected chi connectivity index (χ1v) is 9.98. The molecule has 0 atom stereocenters. The number of aromatic nitrogens is 1. The lowest BCUT2D eigenvalue weighted by molar-refractivity contribution is -0.121. The zero-order chi connectivity index (χ0) is 19.2. The molecule has 0 aromatic carbocycles. The minimum Gasteiger partial charge on any atom is -0.357 e. The number of hydrogen-bond donors (Lipinski definition) is 2. The summed E-state index contributed by atoms with van der Waals surface area (Å²) >= 11 is 0. The van der Waals surface area contributed by atoms with Gasteiger partial charge in [-0.25, -0.2) is 4.98 Å². The number of piperidine rings is 2. The predicted molar refractivity (Wildman–Crippen MR) is 106 cm³/mol. The van der Waals surface area contributed by atoms with Crippen LogP contribution in [0, 0.1) is 5.92 Å². The predicted octanol–water partition coefficient (Wildman–Crippen LogP) is 1.26. The van der Waals surface area contributed by atoms with Crippen LogP contribution in [0.2, 0.25) is 0 Å². The van der Waals surface area contributed by atoms with E-state index in [2.05, 4.69) is 39.4 Å². The molecule has 27 heavy (non-hydrogen) atoms. The van der Waals surface area contributed by atoms with Gasteiger partial charge in [0.15, 0.2) is 0 Å². The average Bonchev–Trinajstić information content (AvgIpc) is 2.69. The number of carbonyl (C=O) groups is 2. The molecule has 2 saturated heterocycles. The van der Waals surface area contributed by atoms with Crippen molar-refractivity contribution in [2.75, 3.05) is 44.7 Å². The van der Waals surface area contributed by atoms with E-state index < -0.39 is 0 Å². The second-order valence-corrected chi connectivity index (χ2v) is 7.90. The maximum absolute atomic E-state index is 12.3. The summed E-state index contributed by atoms with van der Waals surface area (Å²) in [6, 6.07) is 3.88. The Balaban J connectivity index is 1.43. The molecule has 7 heteroatoms. The fourth-order valence-electron chi connectivity index (χ4n) is 3.64. The Morgan fingerprint density at radius 1 is 1.11 bits per heavy atom. The second kappa shape index (κ2) is 9.17. The maximum atomic E-state index is 12.3. The van der Waals surface area contributed by atoms with Crippen LogP contribution in [0.1, 0.15) is 43.0 Å². The van der Waals surface area contributed by atoms with Crippen LogP contribution < -0.4 is 15.5 Å². The number of nitrogens with one attached hydrogen (secondary N) is 2. The van der Waals surface area contributed by atoms with Gasteiger partial charge in [0.2, 0.25) is 5.91 Å². The van der Waals surface area contributed by atoms with E-state index in [0.717, 1.165) is 50.8 Å². The summed E-state index contributed by atoms with van der Waals surface area (Å²) in [7, 11) is 2.09. The topological polar surface area (TPSA) is 77.6 Å². The van der Waals surface area contributed by atoms with E-state index in [4.69, 9.17) is 0 Å². The summed E-state index contributed by atoms with van der Waals surface area (Å²) in [5.41, 5.74) is 0.483. The smallest absolute Gasteiger partial charge is 0.253 e. The summed E-state index contributed by atoms with van der Waals surface area (Å²) < 4.78 is 0. The molecule has 2 aliphatic heterocycles. The maximum Gasteiger partial charge on any atom is 0.253 e. The summed E-state index contributed by atoms with van der Waals surface area (Å²) in [4.78, 5) is 33.3. The molecular formula is C20H31N5O2. The van der Waals surface area contributed by atoms with Gasteiger partial charge < -0.3 is 20.4 Å². The Morgan fingerprint density at radius 3 is 2.44 bits per heavy atom. The lowest BCUT2D eigenvalue weighted by Crippen LogP contribution is -2.46. The van der Waals surface area contributed by atoms with Gasteiger partial charge in [0.05, 0.1) is 12.1 Å². The monoisotopic (exact) mass is 373 g/mol. The van der Waals surface area contributed by atoms with Crippen LogP contribution in [-0.4, -0.2) is 67.5 Å². The minimum absolute atomic E-state index is 0.00304. The third-order valence-electron chi connectivity index (χ3n) is 5.61. The first-order valence-electron chi connectivity index (χ1n) is 9.98. The van der Waals surface area contributed by atoms with Crippen LogP contribution in [0.5, 0.6) is 0 Å². The molecule has 3 rings (SSSR count). The van der Waals surface area contributed by atoms with Crippen molar-refractivity contribution in [3.8, 4) is 0 Å². The van der Waals surface area contributed by atoms with Crippen molar-refractivity contribution in [2.24, 2.45) is 5.92 Å². The molecule has 148 valence electrons. The van der Waals surface area contributed by atoms with E-state index in [-0.39, 0.29) is 24.4 Å². The molecule has 1 aromatic rings. The van der Waals surface area contributed by atoms with Crippen molar-refractivity contribution in [3.63, 3.8) is 0 Å². The number of hydrogen-bond acceptors (Lipinski definition) is 5. The highest BCUT2D eigenvalue weighted by Crippen LogP contribution is 2.21. The Bertz CT molecular complexity index is 632. The van der Waals surface area contributed by atoms with E-state index in [9.17, 15) is 9.59 Å². The van der Waals surface area contributed by atoms with Crippen LogP contribution >= 0.6 is 0 Å². The number of carbonyl (C=O) groups excluding carboxylic acids is 2. The summed E-state index contributed by atoms with van der Waals surface area (Å²) in [5.74, 6) is 1.29. The molecule has 2 aliphatic rings. The third kappa shape index (κ3) is 5.66. The molecular weight excluding hydrogens is 342 g/mol. The molecule has 0 spiro atoms. The fraction of sp³-hybridized carbons (Fsp3) is 0.650. The number of pyridine rings is 1. The van der Waals surface area contributed by atoms with Crippen LogP contribution in [0.15, 0.2) is 18.3 Å². The lowest BCUT2D eigenvalue weighted by Gasteiger charge is -2.31. The number of nitrogens with zero attached hydrogens (tertiary/aromatic N) is 3. The van der Waals surface area contributed by atoms with Gasteiger partial charge in [-0.05, 0) is 63.9 Å². The van der Waals surface area contributed by atoms with E-state index in [1.54, 1.807) is 12.3 Å². The van der Waals surface area contributed by atoms with E-state index in [1.165, 1.54) is 12.8 Å². The number of amides is 2. The van der Waals surface area contributed by atoms with Gasteiger partial charge in [0.25, 0.3) is 5.91 Å². The van der Waals surface area contributed by atoms with E-state index in [1.807, 2.05) is 6.07 Å². The van der Waals surface area contributed by atoms with Crippen LogP contribution in [0.4, 0.5) is 5.82 Å². The van der Waals surface area contributed by atoms with Crippen LogP contribution in [-0.2, 0) is 4.79 Å². The van der Waals surface area contributed by atoms with Gasteiger partial charge in [0.1, 0.15) is 5.82 Å². The van der Waals surface area contributed by atoms with Crippen molar-refractivity contribution in [1.82, 2.24) is 20.5 Å². The quantitative estimate of drug-likeness (QED) is 0.813. The van der Waals surface area contributed by atoms with Gasteiger partial charge in [-0.3, -0.25) is 9.59 Å². The highest BCUT2D eigenvalue weighted by atomic mass is 16.2. The molecule has 0 aliphatic carbocycles. The Labute approximate surface area is 161 Å². The van der Waals surface area contributed by atoms with Gasteiger partial charge in [-0.15, -0.1) is 0 Å². The zero-order valence-corrected chi connectivity index (χ0v) is 16.4. The highest BCUT2D eigenvalue weighted by molar-refractivity contribution is 5.96. The molecule has 2 amide bonds. The molecule has 1 aromatic heterocycles. The summed E-state index contributed by atoms with van der Waals surface area (Å²) in [6.45, 7) is 6.28. The van der Waals surface area contributed by atoms with E-state index >= 15 is 0 Å². The van der Waals surface area contributed by atoms with Crippen LogP contribution in [0.25, 0.3) is 0 Å². The lowest BCUT2D eigenvalue weighted by atomic mass is 9.99. The standard InChI is InChI=1S/C20H31N5O2/c1-15-5-11-25(12-6-15)18-4-3-16(13-21-18)20(27)22-14-19(26)23-17-7-9-24(2)10-8-17/h3-4,13,15,17H,5-12,14H2,1-2H3,(H,22,27)(H,23,26). The van der Waals surface area contributed by atoms with Gasteiger partial charge in [0, 0.05) is 25.3 Å². The first-order chi connectivity index (χ1) is 13.0. The summed E-state index contributed by atoms with van der Waals surface area (Å²) in [5, 5.41) is 5.69. The van der Waals surface area contributed by atoms with Gasteiger partial charge in [-0.2, -0.15) is 0 Å². The van der Waals surface area contributed by atoms with Crippen molar-refractivity contribution in [1.29, 1.82) is 0 Å². The molecule has 0 bridgehead atoms. The summed E-state index contributed by atoms with van der Waals surface area (Å²) in [6.07, 6.45) is 5.86. The number of anilines is 1. The first kappa shape index (κ1) is 19.6. The fourth-order valence-corrected chi connectivity index (χ4v) is 3.64. The Hall–Kier alpha value is -2.15. The highest BCUT2D eigenvalue weighted by Gasteiger charge is 2.19. The normalized spacial score (nSPS) is 19.7. The largest absolute Gasteiger partial charge is 0.357 e. The van der Waals surface area contributed by atoms with Crippen molar-refractivity contribution >= 4 is 17.6 Å². The van der Waals surface area contributed by atoms with Crippen molar-refractivity contribution < 1.29 is 9.59 Å². The molecule has 0 radical (unpaired) electrons. The van der Waals surface area contributed by atoms with Crippen LogP contribution in [0.3, 0.4) is 0 Å². The number of likely N-dealkylation sites (tertiary alicyclic amines) is 1. The molecule has 3 heterocycles. The average molecular weight is 374 g/mol. The minimum atomic E-state index is -0.264.